The quantitative estimate of drug-likeness (QED) is 0.716. The van der Waals surface area contributed by atoms with Gasteiger partial charge >= 0.3 is 5.97 Å². The molecular formula is C12H22N2O2. The molecule has 1 saturated heterocycles. The van der Waals surface area contributed by atoms with Gasteiger partial charge in [0.15, 0.2) is 0 Å². The number of hydrogen-bond donors (Lipinski definition) is 1. The Kier molecular flexibility index (Phi) is 2.97. The Morgan fingerprint density at radius 3 is 2.38 bits per heavy atom. The molecule has 0 spiro atoms. The van der Waals surface area contributed by atoms with E-state index in [-0.39, 0.29) is 11.4 Å². The van der Waals surface area contributed by atoms with Crippen molar-refractivity contribution in [3.05, 3.63) is 0 Å². The van der Waals surface area contributed by atoms with E-state index >= 15 is 0 Å². The van der Waals surface area contributed by atoms with Crippen LogP contribution in [0.4, 0.5) is 0 Å². The first-order valence-corrected chi connectivity index (χ1v) is 6.09. The molecule has 1 aliphatic heterocycles. The minimum Gasteiger partial charge on any atom is -0.468 e. The third-order valence-corrected chi connectivity index (χ3v) is 4.51. The van der Waals surface area contributed by atoms with Crippen molar-refractivity contribution in [2.75, 3.05) is 33.3 Å². The Balaban J connectivity index is 2.22. The number of nitrogens with one attached hydrogen (secondary N) is 1. The smallest absolute Gasteiger partial charge is 0.326 e. The first-order chi connectivity index (χ1) is 7.54. The number of methoxy groups -OCH3 is 1. The van der Waals surface area contributed by atoms with Crippen molar-refractivity contribution in [2.45, 2.75) is 32.2 Å². The Morgan fingerprint density at radius 1 is 1.38 bits per heavy atom. The van der Waals surface area contributed by atoms with Crippen LogP contribution in [0.25, 0.3) is 0 Å². The van der Waals surface area contributed by atoms with E-state index in [1.807, 2.05) is 0 Å². The van der Waals surface area contributed by atoms with Crippen LogP contribution in [0.3, 0.4) is 0 Å². The standard InChI is InChI=1S/C12H22N2O2/c1-11(4-5-11)12(2,10(15)16-3)14-8-6-13-7-9-14/h13H,4-9H2,1-3H3. The molecule has 16 heavy (non-hydrogen) atoms. The molecule has 0 aromatic rings. The number of carbonyl (C=O) groups excluding carboxylic acids is 1. The fourth-order valence-electron chi connectivity index (χ4n) is 2.74. The topological polar surface area (TPSA) is 41.6 Å². The molecule has 1 saturated carbocycles. The highest BCUT2D eigenvalue weighted by atomic mass is 16.5. The van der Waals surface area contributed by atoms with E-state index in [0.29, 0.717) is 0 Å². The Bertz CT molecular complexity index is 283. The number of ether oxygens (including phenoxy) is 1. The molecule has 4 heteroatoms. The average molecular weight is 226 g/mol. The van der Waals surface area contributed by atoms with Crippen molar-refractivity contribution in [1.82, 2.24) is 10.2 Å². The summed E-state index contributed by atoms with van der Waals surface area (Å²) < 4.78 is 5.03. The van der Waals surface area contributed by atoms with Gasteiger partial charge in [0, 0.05) is 26.2 Å². The lowest BCUT2D eigenvalue weighted by Crippen LogP contribution is -2.62. The van der Waals surface area contributed by atoms with Crippen molar-refractivity contribution >= 4 is 5.97 Å². The summed E-state index contributed by atoms with van der Waals surface area (Å²) >= 11 is 0. The summed E-state index contributed by atoms with van der Waals surface area (Å²) in [5.74, 6) is -0.0746. The molecular weight excluding hydrogens is 204 g/mol. The van der Waals surface area contributed by atoms with Gasteiger partial charge in [-0.1, -0.05) is 6.92 Å². The summed E-state index contributed by atoms with van der Waals surface area (Å²) in [5, 5.41) is 3.32. The predicted molar refractivity (Wildman–Crippen MR) is 62.2 cm³/mol. The van der Waals surface area contributed by atoms with E-state index in [1.165, 1.54) is 7.11 Å². The van der Waals surface area contributed by atoms with Crippen LogP contribution in [-0.2, 0) is 9.53 Å². The molecule has 0 bridgehead atoms. The monoisotopic (exact) mass is 226 g/mol. The van der Waals surface area contributed by atoms with Crippen LogP contribution in [0.15, 0.2) is 0 Å². The molecule has 1 atom stereocenters. The first kappa shape index (κ1) is 11.9. The molecule has 1 unspecified atom stereocenters. The van der Waals surface area contributed by atoms with Gasteiger partial charge in [0.1, 0.15) is 5.54 Å². The molecule has 92 valence electrons. The zero-order valence-corrected chi connectivity index (χ0v) is 10.5. The number of rotatable bonds is 3. The normalized spacial score (nSPS) is 28.2. The summed E-state index contributed by atoms with van der Waals surface area (Å²) in [4.78, 5) is 14.4. The van der Waals surface area contributed by atoms with Gasteiger partial charge in [-0.15, -0.1) is 0 Å². The van der Waals surface area contributed by atoms with Crippen LogP contribution >= 0.6 is 0 Å². The molecule has 2 aliphatic rings. The first-order valence-electron chi connectivity index (χ1n) is 6.09. The molecule has 0 radical (unpaired) electrons. The lowest BCUT2D eigenvalue weighted by molar-refractivity contribution is -0.160. The molecule has 1 aliphatic carbocycles. The van der Waals surface area contributed by atoms with Gasteiger partial charge in [-0.25, -0.2) is 0 Å². The maximum absolute atomic E-state index is 12.1. The van der Waals surface area contributed by atoms with Crippen LogP contribution in [0.1, 0.15) is 26.7 Å². The fourth-order valence-corrected chi connectivity index (χ4v) is 2.74. The van der Waals surface area contributed by atoms with Gasteiger partial charge in [-0.3, -0.25) is 9.69 Å². The highest BCUT2D eigenvalue weighted by molar-refractivity contribution is 5.82. The number of nitrogens with zero attached hydrogens (tertiary/aromatic N) is 1. The summed E-state index contributed by atoms with van der Waals surface area (Å²) in [6, 6.07) is 0. The van der Waals surface area contributed by atoms with Crippen LogP contribution < -0.4 is 5.32 Å². The van der Waals surface area contributed by atoms with Crippen LogP contribution in [0, 0.1) is 5.41 Å². The van der Waals surface area contributed by atoms with Gasteiger partial charge in [0.05, 0.1) is 7.11 Å². The molecule has 0 aromatic heterocycles. The molecule has 1 N–H and O–H groups in total. The highest BCUT2D eigenvalue weighted by Gasteiger charge is 2.60. The average Bonchev–Trinajstić information content (AvgIpc) is 3.08. The van der Waals surface area contributed by atoms with Crippen molar-refractivity contribution in [3.8, 4) is 0 Å². The van der Waals surface area contributed by atoms with Gasteiger partial charge in [0.25, 0.3) is 0 Å². The van der Waals surface area contributed by atoms with Crippen LogP contribution in [-0.4, -0.2) is 49.7 Å². The minimum absolute atomic E-state index is 0.0746. The van der Waals surface area contributed by atoms with Gasteiger partial charge < -0.3 is 10.1 Å². The third kappa shape index (κ3) is 1.64. The van der Waals surface area contributed by atoms with Crippen molar-refractivity contribution < 1.29 is 9.53 Å². The minimum atomic E-state index is -0.441. The summed E-state index contributed by atoms with van der Waals surface area (Å²) in [6.07, 6.45) is 2.26. The molecule has 0 aromatic carbocycles. The lowest BCUT2D eigenvalue weighted by Gasteiger charge is -2.45. The van der Waals surface area contributed by atoms with Gasteiger partial charge in [-0.05, 0) is 25.2 Å². The predicted octanol–water partition coefficient (Wildman–Crippen LogP) is 0.623. The largest absolute Gasteiger partial charge is 0.468 e. The Morgan fingerprint density at radius 2 is 1.94 bits per heavy atom. The van der Waals surface area contributed by atoms with E-state index in [9.17, 15) is 4.79 Å². The SMILES string of the molecule is COC(=O)C(C)(N1CCNCC1)C1(C)CC1. The maximum atomic E-state index is 12.1. The number of carbonyl (C=O) groups is 1. The molecule has 2 rings (SSSR count). The van der Waals surface area contributed by atoms with Gasteiger partial charge in [0.2, 0.25) is 0 Å². The van der Waals surface area contributed by atoms with Crippen molar-refractivity contribution in [1.29, 1.82) is 0 Å². The maximum Gasteiger partial charge on any atom is 0.326 e. The number of hydrogen-bond acceptors (Lipinski definition) is 4. The van der Waals surface area contributed by atoms with E-state index in [0.717, 1.165) is 39.0 Å². The molecule has 0 amide bonds. The van der Waals surface area contributed by atoms with E-state index in [1.54, 1.807) is 0 Å². The summed E-state index contributed by atoms with van der Waals surface area (Å²) in [7, 11) is 1.49. The van der Waals surface area contributed by atoms with E-state index in [2.05, 4.69) is 24.1 Å². The number of piperazine rings is 1. The molecule has 2 fully saturated rings. The van der Waals surface area contributed by atoms with Crippen LogP contribution in [0.5, 0.6) is 0 Å². The molecule has 4 nitrogen and oxygen atoms in total. The highest BCUT2D eigenvalue weighted by Crippen LogP contribution is 2.56. The second-order valence-corrected chi connectivity index (χ2v) is 5.36. The van der Waals surface area contributed by atoms with E-state index < -0.39 is 5.54 Å². The van der Waals surface area contributed by atoms with Crippen LogP contribution in [0.2, 0.25) is 0 Å². The number of esters is 1. The second-order valence-electron chi connectivity index (χ2n) is 5.36. The fraction of sp³-hybridized carbons (Fsp3) is 0.917. The van der Waals surface area contributed by atoms with E-state index in [4.69, 9.17) is 4.74 Å². The summed E-state index contributed by atoms with van der Waals surface area (Å²) in [6.45, 7) is 8.04. The second kappa shape index (κ2) is 4.00. The summed E-state index contributed by atoms with van der Waals surface area (Å²) in [5.41, 5.74) is -0.332. The lowest BCUT2D eigenvalue weighted by atomic mass is 9.81. The Labute approximate surface area is 97.3 Å². The van der Waals surface area contributed by atoms with Crippen molar-refractivity contribution in [2.24, 2.45) is 5.41 Å². The third-order valence-electron chi connectivity index (χ3n) is 4.51. The zero-order valence-electron chi connectivity index (χ0n) is 10.5. The molecule has 1 heterocycles. The van der Waals surface area contributed by atoms with Crippen molar-refractivity contribution in [3.63, 3.8) is 0 Å². The van der Waals surface area contributed by atoms with Gasteiger partial charge in [-0.2, -0.15) is 0 Å². The Hall–Kier alpha value is -0.610. The zero-order chi connectivity index (χ0) is 11.8.